The number of aromatic nitrogens is 3. The van der Waals surface area contributed by atoms with Gasteiger partial charge in [0.2, 0.25) is 0 Å². The second-order valence-corrected chi connectivity index (χ2v) is 11.1. The molecule has 2 aromatic heterocycles. The molecule has 4 aliphatic rings. The van der Waals surface area contributed by atoms with Crippen LogP contribution in [-0.4, -0.2) is 71.9 Å². The Hall–Kier alpha value is -2.06. The maximum absolute atomic E-state index is 14.8. The van der Waals surface area contributed by atoms with Crippen molar-refractivity contribution >= 4 is 16.7 Å². The van der Waals surface area contributed by atoms with Crippen LogP contribution in [0.3, 0.4) is 0 Å². The molecular weight excluding hydrogens is 445 g/mol. The summed E-state index contributed by atoms with van der Waals surface area (Å²) in [6, 6.07) is 0.870. The van der Waals surface area contributed by atoms with Crippen LogP contribution in [0.5, 0.6) is 6.01 Å². The topological polar surface area (TPSA) is 63.6 Å². The van der Waals surface area contributed by atoms with Crippen LogP contribution in [0.4, 0.5) is 10.2 Å². The first-order valence-electron chi connectivity index (χ1n) is 13.7. The Morgan fingerprint density at radius 1 is 1.00 bits per heavy atom. The highest BCUT2D eigenvalue weighted by atomic mass is 19.1. The summed E-state index contributed by atoms with van der Waals surface area (Å²) in [5.74, 6) is 1.22. The number of piperidine rings is 1. The number of hydrogen-bond donors (Lipinski definition) is 0. The molecule has 0 N–H and O–H groups in total. The van der Waals surface area contributed by atoms with E-state index in [0.29, 0.717) is 37.0 Å². The van der Waals surface area contributed by atoms with Crippen molar-refractivity contribution in [2.75, 3.05) is 50.9 Å². The molecule has 2 saturated carbocycles. The molecule has 6 rings (SSSR count). The third-order valence-electron chi connectivity index (χ3n) is 9.00. The molecule has 35 heavy (non-hydrogen) atoms. The second kappa shape index (κ2) is 10.1. The van der Waals surface area contributed by atoms with Gasteiger partial charge < -0.3 is 14.4 Å². The van der Waals surface area contributed by atoms with E-state index in [0.717, 1.165) is 25.5 Å². The molecule has 0 amide bonds. The molecule has 4 fully saturated rings. The zero-order chi connectivity index (χ0) is 23.7. The van der Waals surface area contributed by atoms with Gasteiger partial charge in [-0.3, -0.25) is 9.88 Å². The molecule has 4 heterocycles. The van der Waals surface area contributed by atoms with Crippen LogP contribution >= 0.6 is 0 Å². The summed E-state index contributed by atoms with van der Waals surface area (Å²) in [5.41, 5.74) is 0.445. The van der Waals surface area contributed by atoms with Crippen LogP contribution in [-0.2, 0) is 4.74 Å². The highest BCUT2D eigenvalue weighted by Gasteiger charge is 2.48. The lowest BCUT2D eigenvalue weighted by atomic mass is 9.75. The average molecular weight is 484 g/mol. The van der Waals surface area contributed by atoms with Crippen molar-refractivity contribution in [2.24, 2.45) is 11.3 Å². The normalized spacial score (nSPS) is 28.0. The third kappa shape index (κ3) is 4.71. The first-order valence-corrected chi connectivity index (χ1v) is 13.7. The van der Waals surface area contributed by atoms with Gasteiger partial charge in [-0.15, -0.1) is 0 Å². The van der Waals surface area contributed by atoms with Crippen LogP contribution in [0.1, 0.15) is 64.2 Å². The van der Waals surface area contributed by atoms with Gasteiger partial charge in [-0.25, -0.2) is 4.39 Å². The number of ether oxygens (including phenoxy) is 2. The summed E-state index contributed by atoms with van der Waals surface area (Å²) in [5, 5.41) is 0.635. The van der Waals surface area contributed by atoms with E-state index in [1.165, 1.54) is 77.1 Å². The number of anilines is 1. The summed E-state index contributed by atoms with van der Waals surface area (Å²) >= 11 is 0. The molecule has 2 saturated heterocycles. The zero-order valence-electron chi connectivity index (χ0n) is 20.8. The predicted octanol–water partition coefficient (Wildman–Crippen LogP) is 4.59. The number of rotatable bonds is 7. The lowest BCUT2D eigenvalue weighted by Crippen LogP contribution is -2.52. The molecule has 190 valence electrons. The molecule has 0 aromatic carbocycles. The third-order valence-corrected chi connectivity index (χ3v) is 9.00. The largest absolute Gasteiger partial charge is 0.463 e. The van der Waals surface area contributed by atoms with Gasteiger partial charge in [0.15, 0.2) is 5.82 Å². The lowest BCUT2D eigenvalue weighted by molar-refractivity contribution is -0.00421. The van der Waals surface area contributed by atoms with E-state index < -0.39 is 5.82 Å². The van der Waals surface area contributed by atoms with Crippen LogP contribution in [0.2, 0.25) is 0 Å². The Balaban J connectivity index is 1.23. The molecule has 2 atom stereocenters. The molecule has 0 radical (unpaired) electrons. The Morgan fingerprint density at radius 2 is 1.91 bits per heavy atom. The summed E-state index contributed by atoms with van der Waals surface area (Å²) in [6.45, 7) is 5.93. The minimum atomic E-state index is -0.432. The van der Waals surface area contributed by atoms with E-state index in [1.54, 1.807) is 6.20 Å². The molecule has 0 spiro atoms. The molecule has 7 nitrogen and oxygen atoms in total. The Morgan fingerprint density at radius 3 is 2.80 bits per heavy atom. The standard InChI is InChI=1S/C27H38FN5O2/c28-22-18-29-17-21-24(22)30-26(31-25(21)33-12-4-15-34-16-14-33)35-19-27-9-2-7-23(27)32(11-3-10-27)13-8-20-5-1-6-20/h17-18,20,23H,1-16,19H2/t23-,27-/m1/s1. The predicted molar refractivity (Wildman–Crippen MR) is 133 cm³/mol. The molecule has 2 aromatic rings. The van der Waals surface area contributed by atoms with E-state index >= 15 is 0 Å². The number of fused-ring (bicyclic) bond motifs is 2. The number of halogens is 1. The molecule has 2 aliphatic carbocycles. The van der Waals surface area contributed by atoms with Crippen LogP contribution in [0.15, 0.2) is 12.4 Å². The second-order valence-electron chi connectivity index (χ2n) is 11.1. The summed E-state index contributed by atoms with van der Waals surface area (Å²) in [4.78, 5) is 18.3. The van der Waals surface area contributed by atoms with Crippen molar-refractivity contribution in [3.05, 3.63) is 18.2 Å². The van der Waals surface area contributed by atoms with Crippen molar-refractivity contribution in [3.63, 3.8) is 0 Å². The van der Waals surface area contributed by atoms with E-state index in [2.05, 4.69) is 19.8 Å². The van der Waals surface area contributed by atoms with Crippen molar-refractivity contribution < 1.29 is 13.9 Å². The van der Waals surface area contributed by atoms with Crippen molar-refractivity contribution in [3.8, 4) is 6.01 Å². The van der Waals surface area contributed by atoms with Gasteiger partial charge in [-0.1, -0.05) is 25.7 Å². The van der Waals surface area contributed by atoms with E-state index in [9.17, 15) is 4.39 Å². The van der Waals surface area contributed by atoms with Crippen LogP contribution in [0, 0.1) is 17.2 Å². The van der Waals surface area contributed by atoms with Gasteiger partial charge in [-0.2, -0.15) is 9.97 Å². The van der Waals surface area contributed by atoms with Gasteiger partial charge >= 0.3 is 6.01 Å². The Bertz CT molecular complexity index is 1030. The van der Waals surface area contributed by atoms with E-state index in [4.69, 9.17) is 14.5 Å². The maximum Gasteiger partial charge on any atom is 0.319 e. The fourth-order valence-corrected chi connectivity index (χ4v) is 6.86. The quantitative estimate of drug-likeness (QED) is 0.571. The van der Waals surface area contributed by atoms with Gasteiger partial charge in [0, 0.05) is 37.4 Å². The van der Waals surface area contributed by atoms with Gasteiger partial charge in [0.1, 0.15) is 11.3 Å². The van der Waals surface area contributed by atoms with Crippen molar-refractivity contribution in [2.45, 2.75) is 70.3 Å². The van der Waals surface area contributed by atoms with Gasteiger partial charge in [-0.05, 0) is 57.5 Å². The number of nitrogens with zero attached hydrogens (tertiary/aromatic N) is 5. The minimum absolute atomic E-state index is 0.156. The first kappa shape index (κ1) is 23.3. The summed E-state index contributed by atoms with van der Waals surface area (Å²) < 4.78 is 26.8. The molecule has 0 bridgehead atoms. The first-order chi connectivity index (χ1) is 17.2. The Kier molecular flexibility index (Phi) is 6.76. The van der Waals surface area contributed by atoms with Crippen molar-refractivity contribution in [1.29, 1.82) is 0 Å². The van der Waals surface area contributed by atoms with Gasteiger partial charge in [0.05, 0.1) is 24.8 Å². The van der Waals surface area contributed by atoms with E-state index in [1.807, 2.05) is 0 Å². The van der Waals surface area contributed by atoms with Gasteiger partial charge in [0.25, 0.3) is 0 Å². The summed E-state index contributed by atoms with van der Waals surface area (Å²) in [7, 11) is 0. The zero-order valence-corrected chi connectivity index (χ0v) is 20.8. The molecular formula is C27H38FN5O2. The molecule has 8 heteroatoms. The lowest BCUT2D eigenvalue weighted by Gasteiger charge is -2.46. The summed E-state index contributed by atoms with van der Waals surface area (Å²) in [6.07, 6.45) is 15.5. The fourth-order valence-electron chi connectivity index (χ4n) is 6.86. The minimum Gasteiger partial charge on any atom is -0.463 e. The van der Waals surface area contributed by atoms with Crippen molar-refractivity contribution in [1.82, 2.24) is 19.9 Å². The number of hydrogen-bond acceptors (Lipinski definition) is 7. The number of pyridine rings is 1. The Labute approximate surface area is 207 Å². The highest BCUT2D eigenvalue weighted by molar-refractivity contribution is 5.89. The SMILES string of the molecule is Fc1cncc2c(N3CCCOCC3)nc(OC[C@]34CCC[C@H]3N(CCC3CCC3)CCC4)nc12. The fraction of sp³-hybridized carbons (Fsp3) is 0.741. The van der Waals surface area contributed by atoms with Crippen LogP contribution < -0.4 is 9.64 Å². The van der Waals surface area contributed by atoms with Crippen LogP contribution in [0.25, 0.3) is 10.9 Å². The average Bonchev–Trinajstić information content (AvgIpc) is 3.09. The molecule has 0 unspecified atom stereocenters. The highest BCUT2D eigenvalue weighted by Crippen LogP contribution is 2.48. The molecule has 2 aliphatic heterocycles. The monoisotopic (exact) mass is 483 g/mol. The smallest absolute Gasteiger partial charge is 0.319 e. The van der Waals surface area contributed by atoms with E-state index in [-0.39, 0.29) is 16.9 Å². The number of likely N-dealkylation sites (tertiary alicyclic amines) is 1. The maximum atomic E-state index is 14.8.